The molecule has 17 heavy (non-hydrogen) atoms. The molecule has 0 bridgehead atoms. The molecule has 0 aliphatic carbocycles. The summed E-state index contributed by atoms with van der Waals surface area (Å²) in [4.78, 5) is 14.6. The van der Waals surface area contributed by atoms with Gasteiger partial charge < -0.3 is 22.1 Å². The molecule has 1 unspecified atom stereocenters. The van der Waals surface area contributed by atoms with Crippen LogP contribution in [0.4, 0.5) is 11.4 Å². The number of hydrogen-bond acceptors (Lipinski definition) is 5. The summed E-state index contributed by atoms with van der Waals surface area (Å²) >= 11 is 1.53. The van der Waals surface area contributed by atoms with Gasteiger partial charge in [-0.05, 0) is 18.2 Å². The zero-order valence-electron chi connectivity index (χ0n) is 9.43. The van der Waals surface area contributed by atoms with Crippen molar-refractivity contribution in [3.8, 4) is 0 Å². The van der Waals surface area contributed by atoms with E-state index in [0.717, 1.165) is 10.6 Å². The zero-order chi connectivity index (χ0) is 12.4. The fourth-order valence-corrected chi connectivity index (χ4v) is 2.64. The van der Waals surface area contributed by atoms with Crippen molar-refractivity contribution < 1.29 is 4.79 Å². The van der Waals surface area contributed by atoms with Gasteiger partial charge in [0.1, 0.15) is 0 Å². The van der Waals surface area contributed by atoms with Crippen molar-refractivity contribution in [2.75, 3.05) is 29.5 Å². The molecule has 0 saturated heterocycles. The number of nitrogen functional groups attached to an aromatic ring is 1. The van der Waals surface area contributed by atoms with E-state index < -0.39 is 0 Å². The standard InChI is InChI=1S/C11H16N4OS/c12-4-8(14)5-15-9-3-7(13)1-2-10(9)17-6-11(15)16/h1-3,8H,4-6,12-14H2. The van der Waals surface area contributed by atoms with Gasteiger partial charge >= 0.3 is 0 Å². The maximum atomic E-state index is 11.9. The van der Waals surface area contributed by atoms with E-state index in [1.807, 2.05) is 18.2 Å². The third kappa shape index (κ3) is 2.54. The quantitative estimate of drug-likeness (QED) is 0.657. The number of nitrogens with two attached hydrogens (primary N) is 3. The number of rotatable bonds is 3. The Morgan fingerprint density at radius 1 is 1.47 bits per heavy atom. The Balaban J connectivity index is 2.32. The predicted octanol–water partition coefficient (Wildman–Crippen LogP) is -0.00650. The smallest absolute Gasteiger partial charge is 0.237 e. The number of anilines is 2. The Bertz CT molecular complexity index is 437. The first-order chi connectivity index (χ1) is 8.11. The highest BCUT2D eigenvalue weighted by atomic mass is 32.2. The van der Waals surface area contributed by atoms with Crippen LogP contribution in [0, 0.1) is 0 Å². The summed E-state index contributed by atoms with van der Waals surface area (Å²) in [5, 5.41) is 0. The zero-order valence-corrected chi connectivity index (χ0v) is 10.2. The molecule has 0 fully saturated rings. The number of nitrogens with zero attached hydrogens (tertiary/aromatic N) is 1. The van der Waals surface area contributed by atoms with E-state index in [-0.39, 0.29) is 11.9 Å². The molecule has 1 aromatic carbocycles. The molecule has 5 nitrogen and oxygen atoms in total. The van der Waals surface area contributed by atoms with Crippen LogP contribution < -0.4 is 22.1 Å². The summed E-state index contributed by atoms with van der Waals surface area (Å²) in [6.07, 6.45) is 0. The SMILES string of the molecule is NCC(N)CN1C(=O)CSc2ccc(N)cc21. The Morgan fingerprint density at radius 2 is 2.24 bits per heavy atom. The number of amides is 1. The molecular weight excluding hydrogens is 236 g/mol. The molecule has 0 spiro atoms. The molecule has 1 aliphatic rings. The fraction of sp³-hybridized carbons (Fsp3) is 0.364. The van der Waals surface area contributed by atoms with E-state index in [2.05, 4.69) is 0 Å². The van der Waals surface area contributed by atoms with Crippen molar-refractivity contribution in [3.63, 3.8) is 0 Å². The number of hydrogen-bond donors (Lipinski definition) is 3. The third-order valence-electron chi connectivity index (χ3n) is 2.65. The van der Waals surface area contributed by atoms with E-state index in [0.29, 0.717) is 24.5 Å². The monoisotopic (exact) mass is 252 g/mol. The van der Waals surface area contributed by atoms with Crippen molar-refractivity contribution in [1.29, 1.82) is 0 Å². The van der Waals surface area contributed by atoms with Gasteiger partial charge in [0.25, 0.3) is 0 Å². The molecule has 6 N–H and O–H groups in total. The summed E-state index contributed by atoms with van der Waals surface area (Å²) in [6, 6.07) is 5.37. The molecule has 1 aromatic rings. The largest absolute Gasteiger partial charge is 0.399 e. The number of benzene rings is 1. The van der Waals surface area contributed by atoms with Gasteiger partial charge in [0.15, 0.2) is 0 Å². The second kappa shape index (κ2) is 4.95. The first kappa shape index (κ1) is 12.2. The maximum Gasteiger partial charge on any atom is 0.237 e. The Kier molecular flexibility index (Phi) is 3.56. The molecule has 6 heteroatoms. The van der Waals surface area contributed by atoms with Gasteiger partial charge in [0.2, 0.25) is 5.91 Å². The van der Waals surface area contributed by atoms with Crippen LogP contribution >= 0.6 is 11.8 Å². The molecular formula is C11H16N4OS. The summed E-state index contributed by atoms with van der Waals surface area (Å²) in [7, 11) is 0. The van der Waals surface area contributed by atoms with Gasteiger partial charge in [0, 0.05) is 29.7 Å². The number of fused-ring (bicyclic) bond motifs is 1. The maximum absolute atomic E-state index is 11.9. The second-order valence-corrected chi connectivity index (χ2v) is 5.03. The average Bonchev–Trinajstić information content (AvgIpc) is 2.32. The molecule has 0 saturated carbocycles. The highest BCUT2D eigenvalue weighted by molar-refractivity contribution is 8.00. The van der Waals surface area contributed by atoms with E-state index >= 15 is 0 Å². The van der Waals surface area contributed by atoms with Crippen LogP contribution in [0.2, 0.25) is 0 Å². The molecule has 0 radical (unpaired) electrons. The van der Waals surface area contributed by atoms with Gasteiger partial charge in [-0.2, -0.15) is 0 Å². The summed E-state index contributed by atoms with van der Waals surface area (Å²) in [5.41, 5.74) is 18.5. The average molecular weight is 252 g/mol. The number of carbonyl (C=O) groups is 1. The minimum absolute atomic E-state index is 0.0528. The Labute approximate surface area is 104 Å². The summed E-state index contributed by atoms with van der Waals surface area (Å²) < 4.78 is 0. The predicted molar refractivity (Wildman–Crippen MR) is 71.0 cm³/mol. The van der Waals surface area contributed by atoms with E-state index in [4.69, 9.17) is 17.2 Å². The number of carbonyl (C=O) groups excluding carboxylic acids is 1. The van der Waals surface area contributed by atoms with Gasteiger partial charge in [-0.3, -0.25) is 4.79 Å². The van der Waals surface area contributed by atoms with Crippen molar-refractivity contribution in [2.24, 2.45) is 11.5 Å². The van der Waals surface area contributed by atoms with Crippen LogP contribution in [0.3, 0.4) is 0 Å². The number of thioether (sulfide) groups is 1. The molecule has 92 valence electrons. The van der Waals surface area contributed by atoms with Crippen molar-refractivity contribution in [3.05, 3.63) is 18.2 Å². The van der Waals surface area contributed by atoms with Crippen LogP contribution in [0.5, 0.6) is 0 Å². The fourth-order valence-electron chi connectivity index (χ4n) is 1.73. The van der Waals surface area contributed by atoms with E-state index in [9.17, 15) is 4.79 Å². The van der Waals surface area contributed by atoms with E-state index in [1.165, 1.54) is 11.8 Å². The van der Waals surface area contributed by atoms with Crippen LogP contribution in [0.25, 0.3) is 0 Å². The van der Waals surface area contributed by atoms with Crippen LogP contribution in [-0.4, -0.2) is 30.8 Å². The minimum atomic E-state index is -0.212. The van der Waals surface area contributed by atoms with Gasteiger partial charge in [-0.1, -0.05) is 0 Å². The lowest BCUT2D eigenvalue weighted by Crippen LogP contribution is -2.46. The summed E-state index contributed by atoms with van der Waals surface area (Å²) in [5.74, 6) is 0.491. The molecule has 1 aliphatic heterocycles. The van der Waals surface area contributed by atoms with Crippen molar-refractivity contribution in [1.82, 2.24) is 0 Å². The highest BCUT2D eigenvalue weighted by Crippen LogP contribution is 2.36. The van der Waals surface area contributed by atoms with Gasteiger partial charge in [-0.15, -0.1) is 11.8 Å². The normalized spacial score (nSPS) is 16.8. The molecule has 0 aromatic heterocycles. The lowest BCUT2D eigenvalue weighted by molar-refractivity contribution is -0.116. The van der Waals surface area contributed by atoms with Gasteiger partial charge in [0.05, 0.1) is 11.4 Å². The first-order valence-corrected chi connectivity index (χ1v) is 6.38. The third-order valence-corrected chi connectivity index (χ3v) is 3.69. The molecule has 2 rings (SSSR count). The van der Waals surface area contributed by atoms with Crippen LogP contribution in [-0.2, 0) is 4.79 Å². The highest BCUT2D eigenvalue weighted by Gasteiger charge is 2.25. The first-order valence-electron chi connectivity index (χ1n) is 5.40. The van der Waals surface area contributed by atoms with Crippen molar-refractivity contribution >= 4 is 29.0 Å². The summed E-state index contributed by atoms with van der Waals surface area (Å²) in [6.45, 7) is 0.793. The van der Waals surface area contributed by atoms with Gasteiger partial charge in [-0.25, -0.2) is 0 Å². The molecule has 1 atom stereocenters. The topological polar surface area (TPSA) is 98.4 Å². The minimum Gasteiger partial charge on any atom is -0.399 e. The van der Waals surface area contributed by atoms with Crippen LogP contribution in [0.15, 0.2) is 23.1 Å². The second-order valence-electron chi connectivity index (χ2n) is 4.02. The molecule has 1 amide bonds. The van der Waals surface area contributed by atoms with Crippen LogP contribution in [0.1, 0.15) is 0 Å². The molecule has 1 heterocycles. The lowest BCUT2D eigenvalue weighted by Gasteiger charge is -2.30. The van der Waals surface area contributed by atoms with Crippen molar-refractivity contribution in [2.45, 2.75) is 10.9 Å². The van der Waals surface area contributed by atoms with E-state index in [1.54, 1.807) is 4.90 Å². The Morgan fingerprint density at radius 3 is 2.94 bits per heavy atom. The Hall–Kier alpha value is -1.24. The lowest BCUT2D eigenvalue weighted by atomic mass is 10.2.